The number of benzene rings is 1. The average molecular weight is 355 g/mol. The molecule has 1 aliphatic rings. The highest BCUT2D eigenvalue weighted by Crippen LogP contribution is 2.26. The fourth-order valence-corrected chi connectivity index (χ4v) is 2.95. The number of hydrogen-bond donors (Lipinski definition) is 1. The molecule has 0 bridgehead atoms. The van der Waals surface area contributed by atoms with Crippen LogP contribution in [0.2, 0.25) is 0 Å². The van der Waals surface area contributed by atoms with E-state index in [-0.39, 0.29) is 11.8 Å². The Morgan fingerprint density at radius 2 is 2.33 bits per heavy atom. The van der Waals surface area contributed by atoms with Crippen molar-refractivity contribution in [3.63, 3.8) is 0 Å². The molecule has 114 valence electrons. The maximum atomic E-state index is 12.7. The van der Waals surface area contributed by atoms with Gasteiger partial charge in [0.15, 0.2) is 0 Å². The lowest BCUT2D eigenvalue weighted by Crippen LogP contribution is -2.44. The minimum absolute atomic E-state index is 0.0465. The summed E-state index contributed by atoms with van der Waals surface area (Å²) in [6.45, 7) is 3.17. The van der Waals surface area contributed by atoms with Crippen LogP contribution < -0.4 is 4.74 Å². The second-order valence-corrected chi connectivity index (χ2v) is 5.96. The first-order valence-electron chi connectivity index (χ1n) is 6.94. The Kier molecular flexibility index (Phi) is 5.22. The SMILES string of the molecule is CCC1CN(C(=O)c2ccc(Br)cc2OC)CC/C1=N\O. The van der Waals surface area contributed by atoms with Gasteiger partial charge in [-0.1, -0.05) is 28.0 Å². The number of halogens is 1. The topological polar surface area (TPSA) is 62.1 Å². The van der Waals surface area contributed by atoms with Gasteiger partial charge in [-0.3, -0.25) is 4.79 Å². The zero-order valence-electron chi connectivity index (χ0n) is 12.2. The second kappa shape index (κ2) is 6.93. The Hall–Kier alpha value is -1.56. The summed E-state index contributed by atoms with van der Waals surface area (Å²) < 4.78 is 6.16. The van der Waals surface area contributed by atoms with Crippen LogP contribution in [0.15, 0.2) is 27.8 Å². The summed E-state index contributed by atoms with van der Waals surface area (Å²) in [5.41, 5.74) is 1.34. The summed E-state index contributed by atoms with van der Waals surface area (Å²) in [5, 5.41) is 12.4. The minimum Gasteiger partial charge on any atom is -0.496 e. The van der Waals surface area contributed by atoms with E-state index in [2.05, 4.69) is 21.1 Å². The van der Waals surface area contributed by atoms with Crippen molar-refractivity contribution in [2.75, 3.05) is 20.2 Å². The number of piperidine rings is 1. The molecule has 1 saturated heterocycles. The van der Waals surface area contributed by atoms with Crippen molar-refractivity contribution in [3.8, 4) is 5.75 Å². The molecule has 1 fully saturated rings. The van der Waals surface area contributed by atoms with E-state index in [1.165, 1.54) is 0 Å². The summed E-state index contributed by atoms with van der Waals surface area (Å²) in [7, 11) is 1.56. The van der Waals surface area contributed by atoms with E-state index in [1.54, 1.807) is 24.1 Å². The maximum Gasteiger partial charge on any atom is 0.257 e. The summed E-state index contributed by atoms with van der Waals surface area (Å²) in [6, 6.07) is 5.38. The van der Waals surface area contributed by atoms with Gasteiger partial charge in [-0.15, -0.1) is 0 Å². The number of carbonyl (C=O) groups excluding carboxylic acids is 1. The number of hydrogen-bond acceptors (Lipinski definition) is 4. The molecule has 6 heteroatoms. The van der Waals surface area contributed by atoms with Gasteiger partial charge in [-0.2, -0.15) is 0 Å². The lowest BCUT2D eigenvalue weighted by Gasteiger charge is -2.33. The number of methoxy groups -OCH3 is 1. The highest BCUT2D eigenvalue weighted by Gasteiger charge is 2.29. The van der Waals surface area contributed by atoms with Crippen LogP contribution in [-0.2, 0) is 0 Å². The van der Waals surface area contributed by atoms with Crippen LogP contribution in [0, 0.1) is 5.92 Å². The van der Waals surface area contributed by atoms with E-state index in [4.69, 9.17) is 9.94 Å². The van der Waals surface area contributed by atoms with Gasteiger partial charge in [0.1, 0.15) is 5.75 Å². The molecular weight excluding hydrogens is 336 g/mol. The molecule has 1 aromatic carbocycles. The minimum atomic E-state index is -0.0465. The number of nitrogens with zero attached hydrogens (tertiary/aromatic N) is 2. The molecule has 1 N–H and O–H groups in total. The Morgan fingerprint density at radius 3 is 2.95 bits per heavy atom. The summed E-state index contributed by atoms with van der Waals surface area (Å²) in [5.74, 6) is 0.632. The van der Waals surface area contributed by atoms with E-state index >= 15 is 0 Å². The molecule has 21 heavy (non-hydrogen) atoms. The van der Waals surface area contributed by atoms with Crippen molar-refractivity contribution >= 4 is 27.5 Å². The fourth-order valence-electron chi connectivity index (χ4n) is 2.61. The van der Waals surface area contributed by atoms with Crippen molar-refractivity contribution in [1.82, 2.24) is 4.90 Å². The normalized spacial score (nSPS) is 20.6. The zero-order valence-corrected chi connectivity index (χ0v) is 13.8. The second-order valence-electron chi connectivity index (χ2n) is 5.04. The number of likely N-dealkylation sites (tertiary alicyclic amines) is 1. The van der Waals surface area contributed by atoms with Crippen LogP contribution in [0.1, 0.15) is 30.1 Å². The van der Waals surface area contributed by atoms with E-state index < -0.39 is 0 Å². The first-order chi connectivity index (χ1) is 10.1. The molecule has 0 saturated carbocycles. The molecule has 1 atom stereocenters. The van der Waals surface area contributed by atoms with Gasteiger partial charge < -0.3 is 14.8 Å². The van der Waals surface area contributed by atoms with Gasteiger partial charge in [-0.25, -0.2) is 0 Å². The molecular formula is C15H19BrN2O3. The molecule has 1 amide bonds. The monoisotopic (exact) mass is 354 g/mol. The van der Waals surface area contributed by atoms with Crippen LogP contribution in [0.5, 0.6) is 5.75 Å². The predicted molar refractivity (Wildman–Crippen MR) is 84.2 cm³/mol. The number of carbonyl (C=O) groups is 1. The van der Waals surface area contributed by atoms with Gasteiger partial charge in [-0.05, 0) is 24.6 Å². The van der Waals surface area contributed by atoms with Crippen LogP contribution in [0.4, 0.5) is 0 Å². The zero-order chi connectivity index (χ0) is 15.4. The lowest BCUT2D eigenvalue weighted by molar-refractivity contribution is 0.0725. The molecule has 0 aromatic heterocycles. The van der Waals surface area contributed by atoms with E-state index in [0.717, 1.165) is 16.6 Å². The third kappa shape index (κ3) is 3.37. The predicted octanol–water partition coefficient (Wildman–Crippen LogP) is 3.16. The van der Waals surface area contributed by atoms with Crippen molar-refractivity contribution in [2.24, 2.45) is 11.1 Å². The molecule has 5 nitrogen and oxygen atoms in total. The van der Waals surface area contributed by atoms with Crippen LogP contribution >= 0.6 is 15.9 Å². The van der Waals surface area contributed by atoms with Crippen molar-refractivity contribution in [1.29, 1.82) is 0 Å². The summed E-state index contributed by atoms with van der Waals surface area (Å²) >= 11 is 3.37. The van der Waals surface area contributed by atoms with Crippen molar-refractivity contribution in [3.05, 3.63) is 28.2 Å². The van der Waals surface area contributed by atoms with Crippen LogP contribution in [0.25, 0.3) is 0 Å². The average Bonchev–Trinajstić information content (AvgIpc) is 2.53. The third-order valence-corrected chi connectivity index (χ3v) is 4.35. The first-order valence-corrected chi connectivity index (χ1v) is 7.73. The van der Waals surface area contributed by atoms with Gasteiger partial charge in [0.25, 0.3) is 5.91 Å². The van der Waals surface area contributed by atoms with Gasteiger partial charge in [0.2, 0.25) is 0 Å². The quantitative estimate of drug-likeness (QED) is 0.669. The fraction of sp³-hybridized carbons (Fsp3) is 0.467. The number of amides is 1. The number of ether oxygens (including phenoxy) is 1. The first kappa shape index (κ1) is 15.8. The standard InChI is InChI=1S/C15H19BrN2O3/c1-3-10-9-18(7-6-13(10)17-20)15(19)12-5-4-11(16)8-14(12)21-2/h4-5,8,10,20H,3,6-7,9H2,1-2H3/b17-13+. The van der Waals surface area contributed by atoms with E-state index in [9.17, 15) is 4.79 Å². The Labute approximate surface area is 132 Å². The smallest absolute Gasteiger partial charge is 0.257 e. The Balaban J connectivity index is 2.21. The molecule has 1 unspecified atom stereocenters. The highest BCUT2D eigenvalue weighted by atomic mass is 79.9. The van der Waals surface area contributed by atoms with Gasteiger partial charge in [0.05, 0.1) is 18.4 Å². The molecule has 2 rings (SSSR count). The third-order valence-electron chi connectivity index (χ3n) is 3.85. The Morgan fingerprint density at radius 1 is 1.57 bits per heavy atom. The highest BCUT2D eigenvalue weighted by molar-refractivity contribution is 9.10. The summed E-state index contributed by atoms with van der Waals surface area (Å²) in [4.78, 5) is 14.5. The van der Waals surface area contributed by atoms with E-state index in [1.807, 2.05) is 13.0 Å². The molecule has 0 radical (unpaired) electrons. The van der Waals surface area contributed by atoms with E-state index in [0.29, 0.717) is 30.8 Å². The molecule has 1 heterocycles. The van der Waals surface area contributed by atoms with Crippen molar-refractivity contribution in [2.45, 2.75) is 19.8 Å². The molecule has 1 aromatic rings. The number of oxime groups is 1. The molecule has 0 aliphatic carbocycles. The molecule has 1 aliphatic heterocycles. The van der Waals surface area contributed by atoms with Gasteiger partial charge in [0, 0.05) is 29.9 Å². The lowest BCUT2D eigenvalue weighted by atomic mass is 9.93. The Bertz CT molecular complexity index is 560. The maximum absolute atomic E-state index is 12.7. The van der Waals surface area contributed by atoms with Crippen LogP contribution in [-0.4, -0.2) is 41.9 Å². The number of rotatable bonds is 3. The largest absolute Gasteiger partial charge is 0.496 e. The van der Waals surface area contributed by atoms with Gasteiger partial charge >= 0.3 is 0 Å². The molecule has 0 spiro atoms. The summed E-state index contributed by atoms with van der Waals surface area (Å²) in [6.07, 6.45) is 1.46. The van der Waals surface area contributed by atoms with Crippen LogP contribution in [0.3, 0.4) is 0 Å². The van der Waals surface area contributed by atoms with Crippen molar-refractivity contribution < 1.29 is 14.7 Å².